The predicted molar refractivity (Wildman–Crippen MR) is 130 cm³/mol. The fourth-order valence-electron chi connectivity index (χ4n) is 3.70. The molecule has 9 heteroatoms. The molecule has 0 saturated heterocycles. The average molecular weight is 462 g/mol. The van der Waals surface area contributed by atoms with Crippen molar-refractivity contribution in [2.75, 3.05) is 10.6 Å². The van der Waals surface area contributed by atoms with E-state index < -0.39 is 0 Å². The fourth-order valence-corrected chi connectivity index (χ4v) is 4.67. The Bertz CT molecular complexity index is 1440. The van der Waals surface area contributed by atoms with Crippen LogP contribution in [-0.4, -0.2) is 20.4 Å². The molecule has 2 N–H and O–H groups in total. The summed E-state index contributed by atoms with van der Waals surface area (Å²) in [5.74, 6) is 2.04. The topological polar surface area (TPSA) is 98.1 Å². The van der Waals surface area contributed by atoms with Gasteiger partial charge in [0.1, 0.15) is 23.0 Å². The maximum absolute atomic E-state index is 12.6. The summed E-state index contributed by atoms with van der Waals surface area (Å²) < 4.78 is 8.67. The van der Waals surface area contributed by atoms with Crippen LogP contribution in [0.25, 0.3) is 10.2 Å². The Morgan fingerprint density at radius 1 is 1.24 bits per heavy atom. The summed E-state index contributed by atoms with van der Waals surface area (Å²) >= 11 is 1.48. The van der Waals surface area contributed by atoms with Crippen LogP contribution in [0.2, 0.25) is 0 Å². The largest absolute Gasteiger partial charge is 0.457 e. The molecule has 1 aliphatic carbocycles. The van der Waals surface area contributed by atoms with Crippen molar-refractivity contribution in [1.29, 1.82) is 0 Å². The van der Waals surface area contributed by atoms with Gasteiger partial charge < -0.3 is 19.9 Å². The van der Waals surface area contributed by atoms with Gasteiger partial charge in [0.05, 0.1) is 10.2 Å². The third-order valence-corrected chi connectivity index (χ3v) is 6.62. The molecule has 1 aromatic carbocycles. The zero-order chi connectivity index (χ0) is 23.1. The van der Waals surface area contributed by atoms with Crippen molar-refractivity contribution in [3.05, 3.63) is 64.2 Å². The van der Waals surface area contributed by atoms with Crippen molar-refractivity contribution in [2.45, 2.75) is 32.6 Å². The smallest absolute Gasteiger partial charge is 0.274 e. The van der Waals surface area contributed by atoms with E-state index in [1.54, 1.807) is 29.9 Å². The molecule has 0 atom stereocenters. The first-order valence-corrected chi connectivity index (χ1v) is 11.5. The summed E-state index contributed by atoms with van der Waals surface area (Å²) in [7, 11) is 1.78. The van der Waals surface area contributed by atoms with Gasteiger partial charge in [-0.2, -0.15) is 0 Å². The number of nitrogens with one attached hydrogen (secondary N) is 2. The van der Waals surface area contributed by atoms with E-state index in [0.29, 0.717) is 34.1 Å². The Hall–Kier alpha value is -3.72. The number of nitrogens with zero attached hydrogens (tertiary/aromatic N) is 3. The number of anilines is 3. The van der Waals surface area contributed by atoms with E-state index in [1.807, 2.05) is 31.3 Å². The summed E-state index contributed by atoms with van der Waals surface area (Å²) in [5.41, 5.74) is 3.42. The molecule has 1 saturated carbocycles. The van der Waals surface area contributed by atoms with Crippen LogP contribution in [-0.2, 0) is 11.8 Å². The van der Waals surface area contributed by atoms with Crippen LogP contribution in [0.5, 0.6) is 11.5 Å². The number of pyridine rings is 2. The zero-order valence-electron chi connectivity index (χ0n) is 18.5. The molecular weight excluding hydrogens is 438 g/mol. The number of rotatable bonds is 6. The number of benzene rings is 1. The van der Waals surface area contributed by atoms with E-state index >= 15 is 0 Å². The van der Waals surface area contributed by atoms with Gasteiger partial charge in [-0.1, -0.05) is 11.3 Å². The SMILES string of the molecule is CC(=O)Nc1cc(Oc2ccc3nc(Nc4cc(C5CC5)cn(C)c4=O)sc3c2C)ccn1. The molecule has 0 spiro atoms. The molecule has 0 radical (unpaired) electrons. The monoisotopic (exact) mass is 461 g/mol. The summed E-state index contributed by atoms with van der Waals surface area (Å²) in [6.07, 6.45) is 5.85. The van der Waals surface area contributed by atoms with Crippen LogP contribution in [0.4, 0.5) is 16.6 Å². The van der Waals surface area contributed by atoms with E-state index in [2.05, 4.69) is 20.6 Å². The highest BCUT2D eigenvalue weighted by molar-refractivity contribution is 7.22. The van der Waals surface area contributed by atoms with Crippen LogP contribution in [0.15, 0.2) is 47.5 Å². The second-order valence-electron chi connectivity index (χ2n) is 8.22. The van der Waals surface area contributed by atoms with Crippen LogP contribution in [0, 0.1) is 6.92 Å². The number of thiazole rings is 1. The molecule has 1 amide bonds. The quantitative estimate of drug-likeness (QED) is 0.416. The number of aromatic nitrogens is 3. The van der Waals surface area contributed by atoms with Crippen molar-refractivity contribution < 1.29 is 9.53 Å². The summed E-state index contributed by atoms with van der Waals surface area (Å²) in [4.78, 5) is 32.7. The van der Waals surface area contributed by atoms with Crippen molar-refractivity contribution in [3.8, 4) is 11.5 Å². The molecule has 168 valence electrons. The van der Waals surface area contributed by atoms with Gasteiger partial charge in [-0.15, -0.1) is 0 Å². The number of carbonyl (C=O) groups excluding carboxylic acids is 1. The van der Waals surface area contributed by atoms with E-state index in [1.165, 1.54) is 36.7 Å². The molecule has 5 rings (SSSR count). The molecule has 3 heterocycles. The van der Waals surface area contributed by atoms with Crippen molar-refractivity contribution >= 4 is 44.1 Å². The number of carbonyl (C=O) groups is 1. The Morgan fingerprint density at radius 3 is 2.82 bits per heavy atom. The minimum absolute atomic E-state index is 0.0768. The number of hydrogen-bond donors (Lipinski definition) is 2. The average Bonchev–Trinajstić information content (AvgIpc) is 3.53. The van der Waals surface area contributed by atoms with E-state index in [9.17, 15) is 9.59 Å². The molecule has 4 aromatic rings. The van der Waals surface area contributed by atoms with Crippen LogP contribution in [0.1, 0.15) is 36.8 Å². The number of aryl methyl sites for hydroxylation is 2. The second-order valence-corrected chi connectivity index (χ2v) is 9.22. The first-order valence-electron chi connectivity index (χ1n) is 10.7. The molecule has 0 aliphatic heterocycles. The molecule has 8 nitrogen and oxygen atoms in total. The minimum Gasteiger partial charge on any atom is -0.457 e. The Labute approximate surface area is 194 Å². The molecule has 0 unspecified atom stereocenters. The first kappa shape index (κ1) is 21.1. The maximum atomic E-state index is 12.6. The van der Waals surface area contributed by atoms with Crippen LogP contribution in [0.3, 0.4) is 0 Å². The number of fused-ring (bicyclic) bond motifs is 1. The number of amides is 1. The Morgan fingerprint density at radius 2 is 2.06 bits per heavy atom. The van der Waals surface area contributed by atoms with Gasteiger partial charge in [-0.05, 0) is 55.5 Å². The maximum Gasteiger partial charge on any atom is 0.274 e. The number of hydrogen-bond acceptors (Lipinski definition) is 7. The lowest BCUT2D eigenvalue weighted by molar-refractivity contribution is -0.114. The van der Waals surface area contributed by atoms with Crippen LogP contribution < -0.4 is 20.9 Å². The second kappa shape index (κ2) is 8.32. The zero-order valence-corrected chi connectivity index (χ0v) is 19.3. The van der Waals surface area contributed by atoms with E-state index in [0.717, 1.165) is 15.8 Å². The summed E-state index contributed by atoms with van der Waals surface area (Å²) in [6.45, 7) is 3.41. The van der Waals surface area contributed by atoms with Gasteiger partial charge in [-0.3, -0.25) is 9.59 Å². The van der Waals surface area contributed by atoms with Gasteiger partial charge in [0.25, 0.3) is 5.56 Å². The van der Waals surface area contributed by atoms with Gasteiger partial charge >= 0.3 is 0 Å². The summed E-state index contributed by atoms with van der Waals surface area (Å²) in [5, 5.41) is 6.54. The predicted octanol–water partition coefficient (Wildman–Crippen LogP) is 5.07. The highest BCUT2D eigenvalue weighted by atomic mass is 32.1. The van der Waals surface area contributed by atoms with Crippen molar-refractivity contribution in [3.63, 3.8) is 0 Å². The van der Waals surface area contributed by atoms with Crippen molar-refractivity contribution in [2.24, 2.45) is 7.05 Å². The molecule has 3 aromatic heterocycles. The summed E-state index contributed by atoms with van der Waals surface area (Å²) in [6, 6.07) is 9.12. The highest BCUT2D eigenvalue weighted by Crippen LogP contribution is 2.41. The van der Waals surface area contributed by atoms with Gasteiger partial charge in [0.2, 0.25) is 5.91 Å². The normalized spacial score (nSPS) is 13.2. The first-order chi connectivity index (χ1) is 15.9. The molecule has 1 fully saturated rings. The Balaban J connectivity index is 1.43. The lowest BCUT2D eigenvalue weighted by atomic mass is 10.2. The van der Waals surface area contributed by atoms with Gasteiger partial charge in [-0.25, -0.2) is 9.97 Å². The van der Waals surface area contributed by atoms with Crippen LogP contribution >= 0.6 is 11.3 Å². The van der Waals surface area contributed by atoms with Gasteiger partial charge in [0.15, 0.2) is 5.13 Å². The van der Waals surface area contributed by atoms with Gasteiger partial charge in [0, 0.05) is 38.0 Å². The Kier molecular flexibility index (Phi) is 5.33. The third-order valence-electron chi connectivity index (χ3n) is 5.51. The minimum atomic E-state index is -0.195. The fraction of sp³-hybridized carbons (Fsp3) is 0.250. The molecule has 0 bridgehead atoms. The lowest BCUT2D eigenvalue weighted by Crippen LogP contribution is -2.19. The standard InChI is InChI=1S/C24H23N5O3S/c1-13-20(32-17-8-9-25-21(11-17)26-14(2)30)7-6-18-22(13)33-24(27-18)28-19-10-16(15-4-5-15)12-29(3)23(19)31/h6-12,15H,4-5H2,1-3H3,(H,27,28)(H,25,26,30). The number of ether oxygens (including phenoxy) is 1. The van der Waals surface area contributed by atoms with E-state index in [4.69, 9.17) is 4.74 Å². The highest BCUT2D eigenvalue weighted by Gasteiger charge is 2.25. The molecule has 33 heavy (non-hydrogen) atoms. The van der Waals surface area contributed by atoms with Crippen molar-refractivity contribution in [1.82, 2.24) is 14.5 Å². The third kappa shape index (κ3) is 4.45. The van der Waals surface area contributed by atoms with E-state index in [-0.39, 0.29) is 11.5 Å². The molecule has 1 aliphatic rings. The molecular formula is C24H23N5O3S. The lowest BCUT2D eigenvalue weighted by Gasteiger charge is -2.10.